The molecule has 0 aliphatic rings. The third kappa shape index (κ3) is 5.59. The fraction of sp³-hybridized carbons (Fsp3) is 0.533. The number of nitrogen functional groups attached to an aromatic ring is 2. The first-order chi connectivity index (χ1) is 10.2. The van der Waals surface area contributed by atoms with Crippen molar-refractivity contribution in [1.29, 1.82) is 0 Å². The molecule has 0 saturated heterocycles. The van der Waals surface area contributed by atoms with E-state index in [9.17, 15) is 0 Å². The van der Waals surface area contributed by atoms with Crippen molar-refractivity contribution in [2.75, 3.05) is 11.5 Å². The minimum atomic E-state index is 0.305. The van der Waals surface area contributed by atoms with Crippen molar-refractivity contribution >= 4 is 11.8 Å². The predicted octanol–water partition coefficient (Wildman–Crippen LogP) is 2.38. The van der Waals surface area contributed by atoms with Gasteiger partial charge >= 0.3 is 0 Å². The Morgan fingerprint density at radius 3 is 1.82 bits per heavy atom. The number of nitrogens with two attached hydrogens (primary N) is 2. The summed E-state index contributed by atoms with van der Waals surface area (Å²) in [6, 6.07) is 1.82. The molecule has 0 unspecified atom stereocenters. The van der Waals surface area contributed by atoms with Gasteiger partial charge in [-0.3, -0.25) is 0 Å². The molecule has 2 rings (SSSR count). The molecule has 4 N–H and O–H groups in total. The Kier molecular flexibility index (Phi) is 6.15. The zero-order chi connectivity index (χ0) is 16.9. The van der Waals surface area contributed by atoms with E-state index in [1.165, 1.54) is 0 Å². The molecular weight excluding hydrogens is 278 g/mol. The summed E-state index contributed by atoms with van der Waals surface area (Å²) in [5.74, 6) is 3.77. The van der Waals surface area contributed by atoms with E-state index in [-0.39, 0.29) is 0 Å². The second-order valence-electron chi connectivity index (χ2n) is 5.67. The molecule has 7 heteroatoms. The van der Waals surface area contributed by atoms with Crippen molar-refractivity contribution < 1.29 is 0 Å². The topological polar surface area (TPSA) is 116 Å². The van der Waals surface area contributed by atoms with E-state index >= 15 is 0 Å². The Morgan fingerprint density at radius 2 is 1.36 bits per heavy atom. The van der Waals surface area contributed by atoms with Gasteiger partial charge in [0.1, 0.15) is 23.3 Å². The highest BCUT2D eigenvalue weighted by Crippen LogP contribution is 2.13. The molecule has 0 saturated carbocycles. The lowest BCUT2D eigenvalue weighted by Crippen LogP contribution is -2.05. The van der Waals surface area contributed by atoms with Gasteiger partial charge in [0.2, 0.25) is 5.95 Å². The fourth-order valence-corrected chi connectivity index (χ4v) is 1.69. The Labute approximate surface area is 131 Å². The van der Waals surface area contributed by atoms with E-state index in [2.05, 4.69) is 38.8 Å². The highest BCUT2D eigenvalue weighted by molar-refractivity contribution is 5.30. The second kappa shape index (κ2) is 7.63. The first kappa shape index (κ1) is 17.7. The van der Waals surface area contributed by atoms with Crippen LogP contribution in [0.3, 0.4) is 0 Å². The molecule has 120 valence electrons. The van der Waals surface area contributed by atoms with Gasteiger partial charge in [-0.2, -0.15) is 9.97 Å². The molecule has 2 aromatic heterocycles. The Morgan fingerprint density at radius 1 is 0.773 bits per heavy atom. The average Bonchev–Trinajstić information content (AvgIpc) is 2.37. The van der Waals surface area contributed by atoms with E-state index in [1.807, 2.05) is 33.8 Å². The molecule has 0 radical (unpaired) electrons. The van der Waals surface area contributed by atoms with Crippen molar-refractivity contribution in [2.45, 2.75) is 53.4 Å². The van der Waals surface area contributed by atoms with Crippen LogP contribution in [0.25, 0.3) is 0 Å². The number of hydrogen-bond acceptors (Lipinski definition) is 7. The Balaban J connectivity index is 0.000000220. The van der Waals surface area contributed by atoms with Gasteiger partial charge in [0, 0.05) is 17.7 Å². The van der Waals surface area contributed by atoms with Crippen molar-refractivity contribution in [3.63, 3.8) is 0 Å². The minimum Gasteiger partial charge on any atom is -0.384 e. The molecule has 0 fully saturated rings. The van der Waals surface area contributed by atoms with Crippen LogP contribution in [0.1, 0.15) is 62.7 Å². The maximum Gasteiger partial charge on any atom is 0.223 e. The number of anilines is 2. The van der Waals surface area contributed by atoms with Crippen LogP contribution in [-0.2, 0) is 0 Å². The number of hydrogen-bond donors (Lipinski definition) is 2. The molecule has 2 heterocycles. The third-order valence-corrected chi connectivity index (χ3v) is 2.77. The van der Waals surface area contributed by atoms with Crippen molar-refractivity contribution in [3.05, 3.63) is 29.2 Å². The predicted molar refractivity (Wildman–Crippen MR) is 88.3 cm³/mol. The molecular formula is C15H25N7. The number of aryl methyl sites for hydroxylation is 2. The van der Waals surface area contributed by atoms with Crippen LogP contribution >= 0.6 is 0 Å². The zero-order valence-corrected chi connectivity index (χ0v) is 14.1. The number of rotatable bonds is 2. The van der Waals surface area contributed by atoms with Crippen molar-refractivity contribution in [3.8, 4) is 0 Å². The van der Waals surface area contributed by atoms with Gasteiger partial charge in [-0.25, -0.2) is 15.0 Å². The largest absolute Gasteiger partial charge is 0.384 e. The summed E-state index contributed by atoms with van der Waals surface area (Å²) in [5.41, 5.74) is 12.0. The number of nitrogens with zero attached hydrogens (tertiary/aromatic N) is 5. The standard InChI is InChI=1S/C8H13N3.C7H12N4/c1-5(2)7-4-8(9)11-6(3)10-7;1-4(2)6-9-5(3)10-7(8)11-6/h4-5H,1-3H3,(H2,9,10,11);4H,1-3H3,(H2,8,9,10,11). The molecule has 0 aromatic carbocycles. The van der Waals surface area contributed by atoms with Gasteiger partial charge in [0.05, 0.1) is 0 Å². The second-order valence-corrected chi connectivity index (χ2v) is 5.67. The molecule has 0 bridgehead atoms. The molecule has 7 nitrogen and oxygen atoms in total. The van der Waals surface area contributed by atoms with E-state index in [0.717, 1.165) is 17.3 Å². The number of aromatic nitrogens is 5. The molecule has 0 spiro atoms. The lowest BCUT2D eigenvalue weighted by atomic mass is 10.1. The molecule has 0 aliphatic carbocycles. The lowest BCUT2D eigenvalue weighted by Gasteiger charge is -2.05. The first-order valence-corrected chi connectivity index (χ1v) is 7.28. The maximum atomic E-state index is 5.55. The highest BCUT2D eigenvalue weighted by atomic mass is 15.1. The molecule has 0 atom stereocenters. The van der Waals surface area contributed by atoms with Crippen LogP contribution in [0.15, 0.2) is 6.07 Å². The quantitative estimate of drug-likeness (QED) is 0.874. The van der Waals surface area contributed by atoms with Gasteiger partial charge in [0.15, 0.2) is 0 Å². The van der Waals surface area contributed by atoms with E-state index < -0.39 is 0 Å². The van der Waals surface area contributed by atoms with E-state index in [4.69, 9.17) is 11.5 Å². The average molecular weight is 303 g/mol. The molecule has 22 heavy (non-hydrogen) atoms. The first-order valence-electron chi connectivity index (χ1n) is 7.28. The van der Waals surface area contributed by atoms with Crippen LogP contribution in [0.2, 0.25) is 0 Å². The van der Waals surface area contributed by atoms with Crippen LogP contribution in [0.5, 0.6) is 0 Å². The van der Waals surface area contributed by atoms with Gasteiger partial charge in [0.25, 0.3) is 0 Å². The van der Waals surface area contributed by atoms with Gasteiger partial charge in [-0.15, -0.1) is 0 Å². The summed E-state index contributed by atoms with van der Waals surface area (Å²) < 4.78 is 0. The summed E-state index contributed by atoms with van der Waals surface area (Å²) in [7, 11) is 0. The van der Waals surface area contributed by atoms with Crippen molar-refractivity contribution in [1.82, 2.24) is 24.9 Å². The molecule has 2 aromatic rings. The SMILES string of the molecule is Cc1nc(N)cc(C(C)C)n1.Cc1nc(N)nc(C(C)C)n1. The smallest absolute Gasteiger partial charge is 0.223 e. The fourth-order valence-electron chi connectivity index (χ4n) is 1.69. The van der Waals surface area contributed by atoms with Gasteiger partial charge in [-0.1, -0.05) is 27.7 Å². The third-order valence-electron chi connectivity index (χ3n) is 2.77. The summed E-state index contributed by atoms with van der Waals surface area (Å²) >= 11 is 0. The van der Waals surface area contributed by atoms with Crippen LogP contribution in [-0.4, -0.2) is 24.9 Å². The van der Waals surface area contributed by atoms with Gasteiger partial charge in [-0.05, 0) is 19.8 Å². The Hall–Kier alpha value is -2.31. The summed E-state index contributed by atoms with van der Waals surface area (Å²) in [6.45, 7) is 11.9. The van der Waals surface area contributed by atoms with Crippen LogP contribution in [0.4, 0.5) is 11.8 Å². The normalized spacial score (nSPS) is 10.5. The van der Waals surface area contributed by atoms with E-state index in [1.54, 1.807) is 0 Å². The van der Waals surface area contributed by atoms with Crippen molar-refractivity contribution in [2.24, 2.45) is 0 Å². The zero-order valence-electron chi connectivity index (χ0n) is 14.1. The monoisotopic (exact) mass is 303 g/mol. The van der Waals surface area contributed by atoms with Crippen LogP contribution < -0.4 is 11.5 Å². The summed E-state index contributed by atoms with van der Waals surface area (Å²) in [5, 5.41) is 0. The minimum absolute atomic E-state index is 0.305. The lowest BCUT2D eigenvalue weighted by molar-refractivity contribution is 0.751. The summed E-state index contributed by atoms with van der Waals surface area (Å²) in [4.78, 5) is 20.2. The van der Waals surface area contributed by atoms with Crippen LogP contribution in [0, 0.1) is 13.8 Å². The molecule has 0 amide bonds. The summed E-state index contributed by atoms with van der Waals surface area (Å²) in [6.07, 6.45) is 0. The van der Waals surface area contributed by atoms with Gasteiger partial charge < -0.3 is 11.5 Å². The molecule has 0 aliphatic heterocycles. The van der Waals surface area contributed by atoms with E-state index in [0.29, 0.717) is 29.4 Å². The maximum absolute atomic E-state index is 5.55. The highest BCUT2D eigenvalue weighted by Gasteiger charge is 2.04. The Bertz CT molecular complexity index is 527.